The van der Waals surface area contributed by atoms with Crippen molar-refractivity contribution in [1.82, 2.24) is 0 Å². The van der Waals surface area contributed by atoms with Crippen molar-refractivity contribution < 1.29 is 37.5 Å². The van der Waals surface area contributed by atoms with Crippen molar-refractivity contribution in [3.05, 3.63) is 12.3 Å². The van der Waals surface area contributed by atoms with E-state index in [4.69, 9.17) is 33.7 Å². The lowest BCUT2D eigenvalue weighted by Crippen LogP contribution is -2.43. The van der Waals surface area contributed by atoms with Crippen molar-refractivity contribution in [1.29, 1.82) is 0 Å². The molecular weight excluding hydrogens is 401 g/mol. The standard InChI is InChI=1S/C19H36NO8P/c1-10(2)23-9-16-19(17(20)13(6)26-16)28-29(21,22)27-14(7)18-15(24-11(3)4)8-12(5)25-18/h10-13,15-19H,7-9,20H2,1-6H3,(H,21,22)/p-1/t12-,13-,15?,16+,17+,18+,19?/m0/s1. The van der Waals surface area contributed by atoms with Crippen molar-refractivity contribution in [2.24, 2.45) is 5.73 Å². The predicted octanol–water partition coefficient (Wildman–Crippen LogP) is 1.88. The molecule has 0 saturated carbocycles. The zero-order valence-corrected chi connectivity index (χ0v) is 19.0. The first-order valence-electron chi connectivity index (χ1n) is 10.1. The normalized spacial score (nSPS) is 37.2. The van der Waals surface area contributed by atoms with Gasteiger partial charge in [0.2, 0.25) is 0 Å². The van der Waals surface area contributed by atoms with Crippen LogP contribution in [-0.4, -0.2) is 61.5 Å². The molecule has 2 saturated heterocycles. The minimum atomic E-state index is -4.78. The first-order chi connectivity index (χ1) is 13.4. The largest absolute Gasteiger partial charge is 0.746 e. The van der Waals surface area contributed by atoms with Gasteiger partial charge in [0.1, 0.15) is 24.1 Å². The van der Waals surface area contributed by atoms with Gasteiger partial charge in [0.25, 0.3) is 0 Å². The van der Waals surface area contributed by atoms with Crippen molar-refractivity contribution in [3.63, 3.8) is 0 Å². The van der Waals surface area contributed by atoms with E-state index in [1.807, 2.05) is 34.6 Å². The van der Waals surface area contributed by atoms with Gasteiger partial charge in [0.15, 0.2) is 0 Å². The molecule has 8 atom stereocenters. The Morgan fingerprint density at radius 2 is 1.90 bits per heavy atom. The summed E-state index contributed by atoms with van der Waals surface area (Å²) in [6.07, 6.45) is -2.56. The van der Waals surface area contributed by atoms with Crippen LogP contribution in [0.4, 0.5) is 0 Å². The van der Waals surface area contributed by atoms with Crippen LogP contribution in [0.3, 0.4) is 0 Å². The van der Waals surface area contributed by atoms with Gasteiger partial charge in [-0.05, 0) is 41.5 Å². The zero-order valence-electron chi connectivity index (χ0n) is 18.1. The van der Waals surface area contributed by atoms with Crippen LogP contribution in [0, 0.1) is 0 Å². The molecule has 0 aromatic rings. The predicted molar refractivity (Wildman–Crippen MR) is 105 cm³/mol. The number of phosphoric acid groups is 1. The molecule has 0 radical (unpaired) electrons. The summed E-state index contributed by atoms with van der Waals surface area (Å²) in [5, 5.41) is 0. The Labute approximate surface area is 173 Å². The summed E-state index contributed by atoms with van der Waals surface area (Å²) in [5.74, 6) is -0.0751. The molecule has 2 fully saturated rings. The van der Waals surface area contributed by atoms with Crippen LogP contribution < -0.4 is 10.6 Å². The monoisotopic (exact) mass is 436 g/mol. The molecule has 10 heteroatoms. The second-order valence-electron chi connectivity index (χ2n) is 8.24. The molecule has 2 aliphatic heterocycles. The van der Waals surface area contributed by atoms with E-state index in [0.29, 0.717) is 6.42 Å². The van der Waals surface area contributed by atoms with Crippen molar-refractivity contribution in [2.75, 3.05) is 6.61 Å². The molecule has 0 bridgehead atoms. The van der Waals surface area contributed by atoms with E-state index < -0.39 is 32.2 Å². The van der Waals surface area contributed by atoms with Crippen molar-refractivity contribution in [3.8, 4) is 0 Å². The zero-order chi connectivity index (χ0) is 21.9. The minimum Gasteiger partial charge on any atom is -0.746 e. The number of hydrogen-bond acceptors (Lipinski definition) is 9. The first-order valence-corrected chi connectivity index (χ1v) is 11.6. The average Bonchev–Trinajstić information content (AvgIpc) is 3.06. The number of nitrogens with two attached hydrogens (primary N) is 1. The van der Waals surface area contributed by atoms with E-state index >= 15 is 0 Å². The molecule has 2 N–H and O–H groups in total. The summed E-state index contributed by atoms with van der Waals surface area (Å²) in [4.78, 5) is 12.6. The molecule has 0 aliphatic carbocycles. The molecule has 9 nitrogen and oxygen atoms in total. The van der Waals surface area contributed by atoms with Crippen LogP contribution in [0.5, 0.6) is 0 Å². The average molecular weight is 436 g/mol. The lowest BCUT2D eigenvalue weighted by Gasteiger charge is -2.32. The maximum Gasteiger partial charge on any atom is 0.319 e. The van der Waals surface area contributed by atoms with E-state index in [0.717, 1.165) is 0 Å². The summed E-state index contributed by atoms with van der Waals surface area (Å²) in [5.41, 5.74) is 6.09. The van der Waals surface area contributed by atoms with Gasteiger partial charge in [-0.2, -0.15) is 0 Å². The van der Waals surface area contributed by atoms with Gasteiger partial charge in [-0.3, -0.25) is 4.57 Å². The Balaban J connectivity index is 2.01. The first kappa shape index (κ1) is 24.8. The molecule has 2 rings (SSSR count). The summed E-state index contributed by atoms with van der Waals surface area (Å²) >= 11 is 0. The van der Waals surface area contributed by atoms with Crippen LogP contribution in [0.1, 0.15) is 48.0 Å². The number of ether oxygens (including phenoxy) is 4. The number of hydrogen-bond donors (Lipinski definition) is 1. The quantitative estimate of drug-likeness (QED) is 0.404. The van der Waals surface area contributed by atoms with E-state index in [2.05, 4.69) is 6.58 Å². The maximum absolute atomic E-state index is 12.6. The summed E-state index contributed by atoms with van der Waals surface area (Å²) in [6, 6.07) is -0.644. The smallest absolute Gasteiger partial charge is 0.319 e. The van der Waals surface area contributed by atoms with Gasteiger partial charge in [-0.15, -0.1) is 0 Å². The molecule has 0 spiro atoms. The van der Waals surface area contributed by atoms with Crippen molar-refractivity contribution in [2.45, 2.75) is 103 Å². The summed E-state index contributed by atoms with van der Waals surface area (Å²) in [6.45, 7) is 15.1. The second-order valence-corrected chi connectivity index (χ2v) is 9.53. The summed E-state index contributed by atoms with van der Waals surface area (Å²) in [7, 11) is -4.78. The minimum absolute atomic E-state index is 0.0409. The Morgan fingerprint density at radius 3 is 2.48 bits per heavy atom. The SMILES string of the molecule is C=C(OP(=O)([O-])OC1[C@@H](COC(C)C)O[C@@H](C)[C@H]1N)[C@H]1O[C@@H](C)CC1OC(C)C. The third-order valence-corrected chi connectivity index (χ3v) is 5.76. The molecule has 0 aromatic heterocycles. The molecule has 3 unspecified atom stereocenters. The number of rotatable bonds is 10. The Bertz CT molecular complexity index is 601. The van der Waals surface area contributed by atoms with Gasteiger partial charge in [-0.25, -0.2) is 0 Å². The molecule has 2 heterocycles. The highest BCUT2D eigenvalue weighted by Crippen LogP contribution is 2.46. The molecule has 170 valence electrons. The molecule has 29 heavy (non-hydrogen) atoms. The fraction of sp³-hybridized carbons (Fsp3) is 0.895. The molecule has 2 aliphatic rings. The third kappa shape index (κ3) is 7.01. The molecule has 0 aromatic carbocycles. The molecule has 0 amide bonds. The van der Waals surface area contributed by atoms with E-state index in [1.54, 1.807) is 6.92 Å². The summed E-state index contributed by atoms with van der Waals surface area (Å²) < 4.78 is 45.8. The highest BCUT2D eigenvalue weighted by atomic mass is 31.2. The Kier molecular flexibility index (Phi) is 8.71. The lowest BCUT2D eigenvalue weighted by atomic mass is 10.1. The van der Waals surface area contributed by atoms with Crippen LogP contribution in [0.25, 0.3) is 0 Å². The third-order valence-electron chi connectivity index (χ3n) is 4.80. The van der Waals surface area contributed by atoms with E-state index in [1.165, 1.54) is 0 Å². The highest BCUT2D eigenvalue weighted by Gasteiger charge is 2.44. The molecular formula is C19H35NO8P-. The highest BCUT2D eigenvalue weighted by molar-refractivity contribution is 7.46. The fourth-order valence-corrected chi connectivity index (χ4v) is 4.50. The van der Waals surface area contributed by atoms with E-state index in [9.17, 15) is 9.46 Å². The van der Waals surface area contributed by atoms with Crippen LogP contribution in [-0.2, 0) is 32.6 Å². The maximum atomic E-state index is 12.6. The van der Waals surface area contributed by atoms with Crippen LogP contribution >= 0.6 is 7.82 Å². The second kappa shape index (κ2) is 10.2. The van der Waals surface area contributed by atoms with Gasteiger partial charge in [-0.1, -0.05) is 6.58 Å². The number of phosphoric ester groups is 1. The van der Waals surface area contributed by atoms with Crippen LogP contribution in [0.2, 0.25) is 0 Å². The van der Waals surface area contributed by atoms with Crippen molar-refractivity contribution >= 4 is 7.82 Å². The van der Waals surface area contributed by atoms with Gasteiger partial charge < -0.3 is 38.6 Å². The fourth-order valence-electron chi connectivity index (χ4n) is 3.49. The topological polar surface area (TPSA) is 122 Å². The Morgan fingerprint density at radius 1 is 1.24 bits per heavy atom. The van der Waals surface area contributed by atoms with Crippen LogP contribution in [0.15, 0.2) is 12.3 Å². The lowest BCUT2D eigenvalue weighted by molar-refractivity contribution is -0.230. The van der Waals surface area contributed by atoms with Gasteiger partial charge in [0.05, 0.1) is 43.2 Å². The van der Waals surface area contributed by atoms with Gasteiger partial charge >= 0.3 is 7.82 Å². The van der Waals surface area contributed by atoms with Gasteiger partial charge in [0, 0.05) is 6.42 Å². The van der Waals surface area contributed by atoms with E-state index in [-0.39, 0.29) is 42.9 Å². The Hall–Kier alpha value is -0.510.